The maximum atomic E-state index is 13.7. The van der Waals surface area contributed by atoms with Crippen LogP contribution in [-0.4, -0.2) is 16.4 Å². The number of aromatic amines is 1. The lowest BCUT2D eigenvalue weighted by atomic mass is 9.54. The number of alkyl halides is 3. The van der Waals surface area contributed by atoms with Crippen LogP contribution in [0.4, 0.5) is 17.6 Å². The third-order valence-electron chi connectivity index (χ3n) is 7.09. The molecule has 1 saturated carbocycles. The van der Waals surface area contributed by atoms with Crippen LogP contribution in [0.25, 0.3) is 11.6 Å². The molecule has 1 heterocycles. The van der Waals surface area contributed by atoms with E-state index in [9.17, 15) is 17.6 Å². The number of hydrogen-bond acceptors (Lipinski definition) is 1. The molecule has 2 aromatic rings. The first-order valence-corrected chi connectivity index (χ1v) is 10.0. The third kappa shape index (κ3) is 2.95. The molecule has 0 aliphatic heterocycles. The summed E-state index contributed by atoms with van der Waals surface area (Å²) in [5, 5.41) is 7.18. The van der Waals surface area contributed by atoms with Crippen LogP contribution in [0.1, 0.15) is 49.4 Å². The van der Waals surface area contributed by atoms with Crippen molar-refractivity contribution in [3.63, 3.8) is 0 Å². The summed E-state index contributed by atoms with van der Waals surface area (Å²) in [4.78, 5) is 0. The van der Waals surface area contributed by atoms with E-state index < -0.39 is 12.1 Å². The summed E-state index contributed by atoms with van der Waals surface area (Å²) in [6.07, 6.45) is 2.08. The number of benzene rings is 1. The van der Waals surface area contributed by atoms with E-state index in [1.807, 2.05) is 6.20 Å². The third-order valence-corrected chi connectivity index (χ3v) is 7.09. The second-order valence-corrected chi connectivity index (χ2v) is 8.80. The van der Waals surface area contributed by atoms with Gasteiger partial charge in [0.05, 0.1) is 17.8 Å². The second kappa shape index (κ2) is 6.31. The number of hydrogen-bond donors (Lipinski definition) is 1. The summed E-state index contributed by atoms with van der Waals surface area (Å²) < 4.78 is 54.7. The van der Waals surface area contributed by atoms with Crippen molar-refractivity contribution in [3.05, 3.63) is 64.2 Å². The Kier molecular flexibility index (Phi) is 4.06. The molecule has 29 heavy (non-hydrogen) atoms. The van der Waals surface area contributed by atoms with Gasteiger partial charge in [-0.2, -0.15) is 18.3 Å². The maximum absolute atomic E-state index is 13.7. The van der Waals surface area contributed by atoms with Gasteiger partial charge in [0.15, 0.2) is 0 Å². The average molecular weight is 402 g/mol. The van der Waals surface area contributed by atoms with E-state index in [-0.39, 0.29) is 30.0 Å². The molecule has 5 rings (SSSR count). The number of nitrogens with zero attached hydrogens (tertiary/aromatic N) is 1. The molecule has 3 unspecified atom stereocenters. The zero-order valence-corrected chi connectivity index (χ0v) is 16.1. The molecule has 3 aliphatic rings. The first-order chi connectivity index (χ1) is 13.8. The Balaban J connectivity index is 1.69. The average Bonchev–Trinajstić information content (AvgIpc) is 3.11. The minimum atomic E-state index is -4.22. The Hall–Kier alpha value is -2.37. The Labute approximate surface area is 166 Å². The number of aromatic nitrogens is 2. The first kappa shape index (κ1) is 18.6. The van der Waals surface area contributed by atoms with Gasteiger partial charge in [0.25, 0.3) is 0 Å². The van der Waals surface area contributed by atoms with E-state index in [4.69, 9.17) is 0 Å². The Morgan fingerprint density at radius 3 is 2.66 bits per heavy atom. The zero-order chi connectivity index (χ0) is 20.4. The van der Waals surface area contributed by atoms with E-state index in [0.29, 0.717) is 5.56 Å². The normalized spacial score (nSPS) is 29.1. The Bertz CT molecular complexity index is 1010. The van der Waals surface area contributed by atoms with Crippen molar-refractivity contribution in [2.75, 3.05) is 0 Å². The van der Waals surface area contributed by atoms with Gasteiger partial charge >= 0.3 is 6.18 Å². The van der Waals surface area contributed by atoms with Crippen molar-refractivity contribution in [2.24, 2.45) is 17.3 Å². The molecule has 1 N–H and O–H groups in total. The number of fused-ring (bicyclic) bond motifs is 4. The van der Waals surface area contributed by atoms with Crippen LogP contribution in [0, 0.1) is 23.1 Å². The van der Waals surface area contributed by atoms with Crippen LogP contribution in [0.3, 0.4) is 0 Å². The number of halogens is 4. The number of allylic oxidation sites excluding steroid dienone is 3. The van der Waals surface area contributed by atoms with Crippen LogP contribution in [-0.2, 0) is 6.42 Å². The predicted octanol–water partition coefficient (Wildman–Crippen LogP) is 6.33. The van der Waals surface area contributed by atoms with Crippen molar-refractivity contribution in [2.45, 2.75) is 45.2 Å². The molecule has 3 aliphatic carbocycles. The molecule has 0 amide bonds. The van der Waals surface area contributed by atoms with Crippen LogP contribution >= 0.6 is 0 Å². The van der Waals surface area contributed by atoms with Crippen LogP contribution in [0.2, 0.25) is 0 Å². The molecule has 0 spiro atoms. The fourth-order valence-electron chi connectivity index (χ4n) is 5.73. The summed E-state index contributed by atoms with van der Waals surface area (Å²) in [7, 11) is 0. The summed E-state index contributed by atoms with van der Waals surface area (Å²) in [6.45, 7) is 2.16. The number of rotatable bonds is 1. The standard InChI is InChI=1S/C23H22F4N2/c1-22-11-15-12-28-29-20(15)10-16(22)5-2-14-8-17(23(25,26)27)9-19(21(14)22)13-3-6-18(24)7-4-13/h3-4,6-7,10,12,14,17H,2,5,8-9,11H2,1H3,(H,28,29). The largest absolute Gasteiger partial charge is 0.392 e. The maximum Gasteiger partial charge on any atom is 0.392 e. The fourth-order valence-corrected chi connectivity index (χ4v) is 5.73. The minimum absolute atomic E-state index is 0.0396. The van der Waals surface area contributed by atoms with Crippen LogP contribution in [0.15, 0.2) is 41.6 Å². The van der Waals surface area contributed by atoms with Crippen molar-refractivity contribution >= 4 is 11.6 Å². The van der Waals surface area contributed by atoms with Gasteiger partial charge in [-0.05, 0) is 72.9 Å². The topological polar surface area (TPSA) is 28.7 Å². The SMILES string of the molecule is CC12Cc3cn[nH]c3C=C1CCC1CC(C(F)(F)F)CC(c3ccc(F)cc3)=C12. The highest BCUT2D eigenvalue weighted by atomic mass is 19.4. The lowest BCUT2D eigenvalue weighted by molar-refractivity contribution is -0.178. The van der Waals surface area contributed by atoms with E-state index in [0.717, 1.165) is 41.7 Å². The van der Waals surface area contributed by atoms with Gasteiger partial charge < -0.3 is 0 Å². The molecular formula is C23H22F4N2. The smallest absolute Gasteiger partial charge is 0.278 e. The van der Waals surface area contributed by atoms with Gasteiger partial charge in [-0.15, -0.1) is 0 Å². The first-order valence-electron chi connectivity index (χ1n) is 10.0. The van der Waals surface area contributed by atoms with Gasteiger partial charge in [0.1, 0.15) is 5.82 Å². The highest BCUT2D eigenvalue weighted by Gasteiger charge is 2.51. The van der Waals surface area contributed by atoms with Crippen LogP contribution < -0.4 is 0 Å². The van der Waals surface area contributed by atoms with Crippen molar-refractivity contribution in [1.29, 1.82) is 0 Å². The molecule has 1 aromatic heterocycles. The van der Waals surface area contributed by atoms with Crippen molar-refractivity contribution in [1.82, 2.24) is 10.2 Å². The van der Waals surface area contributed by atoms with Gasteiger partial charge in [-0.1, -0.05) is 30.2 Å². The van der Waals surface area contributed by atoms with Gasteiger partial charge in [-0.3, -0.25) is 5.10 Å². The monoisotopic (exact) mass is 402 g/mol. The molecule has 3 atom stereocenters. The van der Waals surface area contributed by atoms with Gasteiger partial charge in [0, 0.05) is 5.41 Å². The molecule has 0 bridgehead atoms. The van der Waals surface area contributed by atoms with E-state index >= 15 is 0 Å². The molecule has 0 radical (unpaired) electrons. The van der Waals surface area contributed by atoms with E-state index in [2.05, 4.69) is 23.2 Å². The highest BCUT2D eigenvalue weighted by molar-refractivity contribution is 5.75. The summed E-state index contributed by atoms with van der Waals surface area (Å²) >= 11 is 0. The molecular weight excluding hydrogens is 380 g/mol. The number of nitrogens with one attached hydrogen (secondary N) is 1. The molecule has 152 valence electrons. The second-order valence-electron chi connectivity index (χ2n) is 8.80. The summed E-state index contributed by atoms with van der Waals surface area (Å²) in [5.41, 5.74) is 5.62. The summed E-state index contributed by atoms with van der Waals surface area (Å²) in [6, 6.07) is 5.93. The van der Waals surface area contributed by atoms with E-state index in [1.165, 1.54) is 17.7 Å². The molecule has 2 nitrogen and oxygen atoms in total. The van der Waals surface area contributed by atoms with Gasteiger partial charge in [0.2, 0.25) is 0 Å². The summed E-state index contributed by atoms with van der Waals surface area (Å²) in [5.74, 6) is -1.83. The lowest BCUT2D eigenvalue weighted by Crippen LogP contribution is -2.41. The minimum Gasteiger partial charge on any atom is -0.278 e. The molecule has 0 saturated heterocycles. The molecule has 6 heteroatoms. The Morgan fingerprint density at radius 2 is 1.93 bits per heavy atom. The lowest BCUT2D eigenvalue weighted by Gasteiger charge is -2.50. The van der Waals surface area contributed by atoms with E-state index in [1.54, 1.807) is 12.1 Å². The quantitative estimate of drug-likeness (QED) is 0.555. The van der Waals surface area contributed by atoms with Crippen molar-refractivity contribution in [3.8, 4) is 0 Å². The number of H-pyrrole nitrogens is 1. The highest BCUT2D eigenvalue weighted by Crippen LogP contribution is 2.60. The van der Waals surface area contributed by atoms with Crippen LogP contribution in [0.5, 0.6) is 0 Å². The van der Waals surface area contributed by atoms with Gasteiger partial charge in [-0.25, -0.2) is 4.39 Å². The fraction of sp³-hybridized carbons (Fsp3) is 0.435. The molecule has 1 fully saturated rings. The molecule has 1 aromatic carbocycles. The van der Waals surface area contributed by atoms with Crippen molar-refractivity contribution < 1.29 is 17.6 Å². The predicted molar refractivity (Wildman–Crippen MR) is 103 cm³/mol. The Morgan fingerprint density at radius 1 is 1.17 bits per heavy atom. The zero-order valence-electron chi connectivity index (χ0n) is 16.1.